The summed E-state index contributed by atoms with van der Waals surface area (Å²) < 4.78 is 5.56. The van der Waals surface area contributed by atoms with E-state index in [1.165, 1.54) is 0 Å². The van der Waals surface area contributed by atoms with Crippen LogP contribution in [-0.2, 0) is 20.7 Å². The second-order valence-corrected chi connectivity index (χ2v) is 13.2. The van der Waals surface area contributed by atoms with E-state index in [4.69, 9.17) is 4.74 Å². The lowest BCUT2D eigenvalue weighted by Gasteiger charge is -2.44. The van der Waals surface area contributed by atoms with Gasteiger partial charge in [0, 0.05) is 18.2 Å². The van der Waals surface area contributed by atoms with Crippen LogP contribution >= 0.6 is 0 Å². The first-order chi connectivity index (χ1) is 21.9. The van der Waals surface area contributed by atoms with Crippen molar-refractivity contribution < 1.29 is 24.2 Å². The van der Waals surface area contributed by atoms with Crippen molar-refractivity contribution in [2.75, 3.05) is 5.32 Å². The lowest BCUT2D eigenvalue weighted by Crippen LogP contribution is -2.57. The molecule has 1 fully saturated rings. The number of alkyl carbamates (subject to hydrolysis) is 1. The summed E-state index contributed by atoms with van der Waals surface area (Å²) in [5.41, 5.74) is 3.19. The largest absolute Gasteiger partial charge is 0.508 e. The topological polar surface area (TPSA) is 108 Å². The summed E-state index contributed by atoms with van der Waals surface area (Å²) in [6.07, 6.45) is 1.85. The maximum absolute atomic E-state index is 14.8. The van der Waals surface area contributed by atoms with Crippen molar-refractivity contribution in [3.05, 3.63) is 107 Å². The molecule has 1 aliphatic rings. The number of benzene rings is 4. The molecule has 4 aromatic rings. The van der Waals surface area contributed by atoms with Gasteiger partial charge in [-0.05, 0) is 106 Å². The van der Waals surface area contributed by atoms with Crippen LogP contribution in [0.1, 0.15) is 68.3 Å². The van der Waals surface area contributed by atoms with E-state index in [0.29, 0.717) is 5.69 Å². The van der Waals surface area contributed by atoms with Crippen molar-refractivity contribution >= 4 is 34.4 Å². The Morgan fingerprint density at radius 1 is 0.913 bits per heavy atom. The third kappa shape index (κ3) is 7.86. The number of phenols is 1. The molecule has 1 aliphatic carbocycles. The summed E-state index contributed by atoms with van der Waals surface area (Å²) in [7, 11) is 0. The van der Waals surface area contributed by atoms with Gasteiger partial charge in [-0.3, -0.25) is 9.59 Å². The number of nitrogens with zero attached hydrogens (tertiary/aromatic N) is 1. The van der Waals surface area contributed by atoms with Gasteiger partial charge in [0.2, 0.25) is 5.91 Å². The number of amides is 3. The molecule has 0 radical (unpaired) electrons. The monoisotopic (exact) mass is 621 g/mol. The minimum Gasteiger partial charge on any atom is -0.508 e. The molecule has 0 aliphatic heterocycles. The number of nitrogens with one attached hydrogen (secondary N) is 2. The highest BCUT2D eigenvalue weighted by Crippen LogP contribution is 2.36. The number of anilines is 1. The van der Waals surface area contributed by atoms with Crippen molar-refractivity contribution in [1.29, 1.82) is 0 Å². The Morgan fingerprint density at radius 3 is 2.26 bits per heavy atom. The highest BCUT2D eigenvalue weighted by Gasteiger charge is 2.42. The Labute approximate surface area is 270 Å². The summed E-state index contributed by atoms with van der Waals surface area (Å²) in [5.74, 6) is -0.601. The van der Waals surface area contributed by atoms with Crippen LogP contribution in [0.4, 0.5) is 10.5 Å². The molecule has 240 valence electrons. The molecule has 8 heteroatoms. The fourth-order valence-corrected chi connectivity index (χ4v) is 5.83. The molecule has 2 unspecified atom stereocenters. The molecular weight excluding hydrogens is 578 g/mol. The van der Waals surface area contributed by atoms with Gasteiger partial charge >= 0.3 is 6.09 Å². The molecule has 0 bridgehead atoms. The predicted octanol–water partition coefficient (Wildman–Crippen LogP) is 7.36. The highest BCUT2D eigenvalue weighted by molar-refractivity contribution is 6.00. The SMILES string of the molecule is Cc1ccc(C)c(C(C(=O)Nc2ccc3ccccc3c2)N(C(=O)C(Cc2ccc(O)cc2)NC(=O)OC(C)(C)C)C2CCC2)c1. The number of ether oxygens (including phenoxy) is 1. The Morgan fingerprint density at radius 2 is 1.61 bits per heavy atom. The average Bonchev–Trinajstić information content (AvgIpc) is 2.97. The number of fused-ring (bicyclic) bond motifs is 1. The molecule has 1 saturated carbocycles. The first-order valence-corrected chi connectivity index (χ1v) is 15.8. The molecule has 3 N–H and O–H groups in total. The quantitative estimate of drug-likeness (QED) is 0.181. The zero-order valence-electron chi connectivity index (χ0n) is 27.2. The predicted molar refractivity (Wildman–Crippen MR) is 181 cm³/mol. The number of rotatable bonds is 9. The molecule has 0 aromatic heterocycles. The second-order valence-electron chi connectivity index (χ2n) is 13.2. The van der Waals surface area contributed by atoms with Gasteiger partial charge in [0.15, 0.2) is 0 Å². The zero-order valence-corrected chi connectivity index (χ0v) is 27.2. The van der Waals surface area contributed by atoms with Gasteiger partial charge in [-0.2, -0.15) is 0 Å². The highest BCUT2D eigenvalue weighted by atomic mass is 16.6. The molecule has 3 amide bonds. The first kappa shape index (κ1) is 32.5. The summed E-state index contributed by atoms with van der Waals surface area (Å²) in [4.78, 5) is 44.1. The van der Waals surface area contributed by atoms with E-state index in [-0.39, 0.29) is 30.0 Å². The normalized spacial score (nSPS) is 14.5. The fourth-order valence-electron chi connectivity index (χ4n) is 5.83. The van der Waals surface area contributed by atoms with Crippen molar-refractivity contribution in [2.45, 2.75) is 84.0 Å². The van der Waals surface area contributed by atoms with Gasteiger partial charge in [0.05, 0.1) is 0 Å². The van der Waals surface area contributed by atoms with Crippen LogP contribution < -0.4 is 10.6 Å². The Bertz CT molecular complexity index is 1720. The van der Waals surface area contributed by atoms with Crippen molar-refractivity contribution in [2.24, 2.45) is 0 Å². The fraction of sp³-hybridized carbons (Fsp3) is 0.342. The van der Waals surface area contributed by atoms with E-state index in [9.17, 15) is 19.5 Å². The van der Waals surface area contributed by atoms with Crippen LogP contribution in [0.25, 0.3) is 10.8 Å². The standard InChI is InChI=1S/C38H43N3O5/c1-24-13-14-25(2)32(21-24)34(35(43)39-29-18-17-27-9-6-7-10-28(27)23-29)41(30-11-8-12-30)36(44)33(40-37(45)46-38(3,4)5)22-26-15-19-31(42)20-16-26/h6-7,9-10,13-21,23,30,33-34,42H,8,11-12,22H2,1-5H3,(H,39,43)(H,40,45). The van der Waals surface area contributed by atoms with E-state index in [0.717, 1.165) is 52.3 Å². The number of phenolic OH excluding ortho intramolecular Hbond substituents is 1. The molecule has 5 rings (SSSR count). The molecule has 46 heavy (non-hydrogen) atoms. The van der Waals surface area contributed by atoms with Crippen LogP contribution in [0.15, 0.2) is 84.9 Å². The van der Waals surface area contributed by atoms with Crippen molar-refractivity contribution in [3.63, 3.8) is 0 Å². The minimum absolute atomic E-state index is 0.100. The molecule has 0 heterocycles. The van der Waals surface area contributed by atoms with Crippen LogP contribution in [0.5, 0.6) is 5.75 Å². The third-order valence-corrected chi connectivity index (χ3v) is 8.36. The van der Waals surface area contributed by atoms with E-state index < -0.39 is 23.8 Å². The van der Waals surface area contributed by atoms with Gasteiger partial charge < -0.3 is 25.4 Å². The number of aryl methyl sites for hydroxylation is 2. The smallest absolute Gasteiger partial charge is 0.408 e. The Balaban J connectivity index is 1.56. The van der Waals surface area contributed by atoms with E-state index in [2.05, 4.69) is 10.6 Å². The van der Waals surface area contributed by atoms with E-state index >= 15 is 0 Å². The lowest BCUT2D eigenvalue weighted by atomic mass is 9.86. The molecular formula is C38H43N3O5. The van der Waals surface area contributed by atoms with Gasteiger partial charge in [-0.15, -0.1) is 0 Å². The number of carbonyl (C=O) groups excluding carboxylic acids is 3. The minimum atomic E-state index is -1.03. The number of hydrogen-bond donors (Lipinski definition) is 3. The molecule has 0 saturated heterocycles. The van der Waals surface area contributed by atoms with Gasteiger partial charge in [0.25, 0.3) is 5.91 Å². The zero-order chi connectivity index (χ0) is 33.0. The first-order valence-electron chi connectivity index (χ1n) is 15.8. The Kier molecular flexibility index (Phi) is 9.65. The third-order valence-electron chi connectivity index (χ3n) is 8.36. The van der Waals surface area contributed by atoms with Gasteiger partial charge in [-0.25, -0.2) is 4.79 Å². The Hall–Kier alpha value is -4.85. The van der Waals surface area contributed by atoms with Crippen molar-refractivity contribution in [1.82, 2.24) is 10.2 Å². The van der Waals surface area contributed by atoms with Crippen LogP contribution in [0.2, 0.25) is 0 Å². The summed E-state index contributed by atoms with van der Waals surface area (Å²) in [6.45, 7) is 9.20. The molecule has 2 atom stereocenters. The van der Waals surface area contributed by atoms with E-state index in [1.54, 1.807) is 49.9 Å². The van der Waals surface area contributed by atoms with Gasteiger partial charge in [0.1, 0.15) is 23.4 Å². The second kappa shape index (κ2) is 13.6. The van der Waals surface area contributed by atoms with E-state index in [1.807, 2.05) is 74.5 Å². The average molecular weight is 622 g/mol. The molecule has 8 nitrogen and oxygen atoms in total. The maximum atomic E-state index is 14.8. The number of aromatic hydroxyl groups is 1. The number of carbonyl (C=O) groups is 3. The van der Waals surface area contributed by atoms with Crippen LogP contribution in [-0.4, -0.2) is 45.6 Å². The molecule has 0 spiro atoms. The summed E-state index contributed by atoms with van der Waals surface area (Å²) in [6, 6.07) is 24.0. The maximum Gasteiger partial charge on any atom is 0.408 e. The number of hydrogen-bond acceptors (Lipinski definition) is 5. The molecule has 4 aromatic carbocycles. The summed E-state index contributed by atoms with van der Waals surface area (Å²) in [5, 5.41) is 17.8. The van der Waals surface area contributed by atoms with Crippen LogP contribution in [0.3, 0.4) is 0 Å². The van der Waals surface area contributed by atoms with Crippen LogP contribution in [0, 0.1) is 13.8 Å². The van der Waals surface area contributed by atoms with Gasteiger partial charge in [-0.1, -0.05) is 66.2 Å². The van der Waals surface area contributed by atoms with Crippen molar-refractivity contribution in [3.8, 4) is 5.75 Å². The summed E-state index contributed by atoms with van der Waals surface area (Å²) >= 11 is 0. The lowest BCUT2D eigenvalue weighted by molar-refractivity contribution is -0.145.